The van der Waals surface area contributed by atoms with Crippen molar-refractivity contribution in [3.05, 3.63) is 88.7 Å². The van der Waals surface area contributed by atoms with Gasteiger partial charge in [0.25, 0.3) is 5.91 Å². The first-order valence-electron chi connectivity index (χ1n) is 14.8. The van der Waals surface area contributed by atoms with Crippen LogP contribution < -0.4 is 14.8 Å². The number of carbonyl (C=O) groups is 5. The lowest BCUT2D eigenvalue weighted by atomic mass is 9.86. The third-order valence-electron chi connectivity index (χ3n) is 6.80. The largest absolute Gasteiger partial charge is 0.493 e. The Bertz CT molecular complexity index is 1490. The van der Waals surface area contributed by atoms with Crippen molar-refractivity contribution in [1.82, 2.24) is 10.3 Å². The summed E-state index contributed by atoms with van der Waals surface area (Å²) in [6.45, 7) is 7.75. The SMILES string of the molecule is CCOC(=O)c1ccc(C(c2ccc(C(=O)OCC)cc2)[C@H](C)OC(=O)[C@H](C)NC(=O)c2nccc(OC)c2OCOC(C)=O)cc1. The Morgan fingerprint density at radius 2 is 1.32 bits per heavy atom. The Hall–Kier alpha value is -5.46. The molecule has 0 aliphatic heterocycles. The van der Waals surface area contributed by atoms with E-state index in [9.17, 15) is 24.0 Å². The van der Waals surface area contributed by atoms with Gasteiger partial charge in [-0.05, 0) is 63.1 Å². The fourth-order valence-electron chi connectivity index (χ4n) is 4.56. The van der Waals surface area contributed by atoms with Gasteiger partial charge in [-0.2, -0.15) is 0 Å². The van der Waals surface area contributed by atoms with Gasteiger partial charge in [-0.25, -0.2) is 19.4 Å². The van der Waals surface area contributed by atoms with E-state index in [-0.39, 0.29) is 30.4 Å². The zero-order chi connectivity index (χ0) is 34.5. The highest BCUT2D eigenvalue weighted by molar-refractivity contribution is 5.98. The minimum absolute atomic E-state index is 0.0831. The minimum Gasteiger partial charge on any atom is -0.493 e. The van der Waals surface area contributed by atoms with E-state index in [2.05, 4.69) is 10.3 Å². The van der Waals surface area contributed by atoms with Crippen LogP contribution in [0.1, 0.15) is 82.9 Å². The van der Waals surface area contributed by atoms with Crippen molar-refractivity contribution in [3.8, 4) is 11.5 Å². The predicted octanol–water partition coefficient (Wildman–Crippen LogP) is 4.23. The van der Waals surface area contributed by atoms with Gasteiger partial charge >= 0.3 is 23.9 Å². The van der Waals surface area contributed by atoms with Crippen LogP contribution in [0.25, 0.3) is 0 Å². The average molecular weight is 651 g/mol. The molecule has 13 nitrogen and oxygen atoms in total. The lowest BCUT2D eigenvalue weighted by molar-refractivity contribution is -0.151. The number of carbonyl (C=O) groups excluding carboxylic acids is 5. The molecule has 0 saturated carbocycles. The molecule has 0 saturated heterocycles. The Morgan fingerprint density at radius 1 is 0.787 bits per heavy atom. The van der Waals surface area contributed by atoms with Gasteiger partial charge in [0.05, 0.1) is 31.5 Å². The van der Waals surface area contributed by atoms with Gasteiger partial charge in [-0.1, -0.05) is 24.3 Å². The Morgan fingerprint density at radius 3 is 1.79 bits per heavy atom. The molecular weight excluding hydrogens is 612 g/mol. The van der Waals surface area contributed by atoms with Crippen LogP contribution in [0.5, 0.6) is 11.5 Å². The molecular formula is C34H38N2O11. The number of nitrogens with one attached hydrogen (secondary N) is 1. The van der Waals surface area contributed by atoms with Crippen LogP contribution in [0.4, 0.5) is 0 Å². The number of benzene rings is 2. The third kappa shape index (κ3) is 9.76. The zero-order valence-electron chi connectivity index (χ0n) is 27.1. The molecule has 1 amide bonds. The fourth-order valence-corrected chi connectivity index (χ4v) is 4.56. The van der Waals surface area contributed by atoms with Crippen molar-refractivity contribution < 1.29 is 52.4 Å². The molecule has 13 heteroatoms. The molecule has 250 valence electrons. The number of esters is 4. The van der Waals surface area contributed by atoms with Gasteiger partial charge in [0.15, 0.2) is 17.2 Å². The summed E-state index contributed by atoms with van der Waals surface area (Å²) in [6, 6.07) is 13.7. The number of hydrogen-bond donors (Lipinski definition) is 1. The lowest BCUT2D eigenvalue weighted by Crippen LogP contribution is -2.41. The average Bonchev–Trinajstić information content (AvgIpc) is 3.05. The summed E-state index contributed by atoms with van der Waals surface area (Å²) in [7, 11) is 1.36. The molecule has 0 bridgehead atoms. The number of nitrogens with zero attached hydrogens (tertiary/aromatic N) is 1. The molecule has 3 aromatic rings. The van der Waals surface area contributed by atoms with Crippen LogP contribution in [-0.4, -0.2) is 74.0 Å². The highest BCUT2D eigenvalue weighted by atomic mass is 16.7. The fraction of sp³-hybridized carbons (Fsp3) is 0.353. The highest BCUT2D eigenvalue weighted by Crippen LogP contribution is 2.32. The van der Waals surface area contributed by atoms with E-state index in [0.29, 0.717) is 22.3 Å². The zero-order valence-corrected chi connectivity index (χ0v) is 27.1. The summed E-state index contributed by atoms with van der Waals surface area (Å²) in [6.07, 6.45) is 0.545. The first kappa shape index (κ1) is 36.0. The molecule has 2 atom stereocenters. The Kier molecular flexibility index (Phi) is 13.3. The normalized spacial score (nSPS) is 11.9. The number of amides is 1. The van der Waals surface area contributed by atoms with Gasteiger partial charge in [0, 0.05) is 25.1 Å². The molecule has 0 unspecified atom stereocenters. The van der Waals surface area contributed by atoms with Crippen LogP contribution >= 0.6 is 0 Å². The highest BCUT2D eigenvalue weighted by Gasteiger charge is 2.29. The quantitative estimate of drug-likeness (QED) is 0.142. The van der Waals surface area contributed by atoms with E-state index in [1.54, 1.807) is 69.3 Å². The van der Waals surface area contributed by atoms with E-state index in [0.717, 1.165) is 0 Å². The number of ether oxygens (including phenoxy) is 6. The first-order chi connectivity index (χ1) is 22.5. The number of aromatic nitrogens is 1. The number of methoxy groups -OCH3 is 1. The first-order valence-corrected chi connectivity index (χ1v) is 14.8. The van der Waals surface area contributed by atoms with E-state index < -0.39 is 54.6 Å². The van der Waals surface area contributed by atoms with Crippen molar-refractivity contribution in [2.75, 3.05) is 27.1 Å². The van der Waals surface area contributed by atoms with E-state index >= 15 is 0 Å². The molecule has 1 heterocycles. The van der Waals surface area contributed by atoms with Crippen LogP contribution in [0.3, 0.4) is 0 Å². The van der Waals surface area contributed by atoms with Crippen LogP contribution in [0.15, 0.2) is 60.8 Å². The van der Waals surface area contributed by atoms with Gasteiger partial charge in [0.2, 0.25) is 6.79 Å². The second-order valence-electron chi connectivity index (χ2n) is 10.1. The van der Waals surface area contributed by atoms with Gasteiger partial charge < -0.3 is 33.7 Å². The molecule has 1 N–H and O–H groups in total. The predicted molar refractivity (Wildman–Crippen MR) is 167 cm³/mol. The topological polar surface area (TPSA) is 166 Å². The molecule has 1 aromatic heterocycles. The minimum atomic E-state index is -1.13. The van der Waals surface area contributed by atoms with Crippen molar-refractivity contribution in [2.45, 2.75) is 52.7 Å². The molecule has 3 rings (SSSR count). The standard InChI is InChI=1S/C34H38N2O11/c1-7-43-33(40)25-13-9-23(10-14-25)28(24-11-15-26(16-12-24)34(41)44-8-2)21(4)47-32(39)20(3)36-31(38)29-30(46-19-45-22(5)37)27(42-6)17-18-35-29/h9-18,20-21,28H,7-8,19H2,1-6H3,(H,36,38)/t20-,21-/m0/s1. The van der Waals surface area contributed by atoms with Crippen LogP contribution in [-0.2, 0) is 28.5 Å². The van der Waals surface area contributed by atoms with Gasteiger partial charge in [-0.3, -0.25) is 9.59 Å². The summed E-state index contributed by atoms with van der Waals surface area (Å²) in [5, 5.41) is 2.55. The molecule has 0 spiro atoms. The van der Waals surface area contributed by atoms with E-state index in [1.165, 1.54) is 33.2 Å². The Labute approximate surface area is 272 Å². The number of rotatable bonds is 15. The second-order valence-corrected chi connectivity index (χ2v) is 10.1. The molecule has 2 aromatic carbocycles. The molecule has 0 aliphatic carbocycles. The van der Waals surface area contributed by atoms with Gasteiger partial charge in [-0.15, -0.1) is 0 Å². The van der Waals surface area contributed by atoms with Crippen molar-refractivity contribution in [2.24, 2.45) is 0 Å². The van der Waals surface area contributed by atoms with Crippen LogP contribution in [0.2, 0.25) is 0 Å². The summed E-state index contributed by atoms with van der Waals surface area (Å²) < 4.78 is 31.5. The molecule has 0 radical (unpaired) electrons. The lowest BCUT2D eigenvalue weighted by Gasteiger charge is -2.27. The maximum absolute atomic E-state index is 13.3. The van der Waals surface area contributed by atoms with Crippen LogP contribution in [0, 0.1) is 0 Å². The number of hydrogen-bond acceptors (Lipinski definition) is 12. The van der Waals surface area contributed by atoms with Crippen molar-refractivity contribution in [3.63, 3.8) is 0 Å². The third-order valence-corrected chi connectivity index (χ3v) is 6.80. The van der Waals surface area contributed by atoms with E-state index in [4.69, 9.17) is 28.4 Å². The maximum atomic E-state index is 13.3. The monoisotopic (exact) mass is 650 g/mol. The second kappa shape index (κ2) is 17.3. The van der Waals surface area contributed by atoms with E-state index in [1.807, 2.05) is 0 Å². The maximum Gasteiger partial charge on any atom is 0.338 e. The van der Waals surface area contributed by atoms with Crippen molar-refractivity contribution in [1.29, 1.82) is 0 Å². The summed E-state index contributed by atoms with van der Waals surface area (Å²) in [4.78, 5) is 66.1. The summed E-state index contributed by atoms with van der Waals surface area (Å²) >= 11 is 0. The number of pyridine rings is 1. The Balaban J connectivity index is 1.83. The molecule has 0 fully saturated rings. The molecule has 0 aliphatic rings. The summed E-state index contributed by atoms with van der Waals surface area (Å²) in [5.74, 6) is -3.49. The van der Waals surface area contributed by atoms with Crippen molar-refractivity contribution >= 4 is 29.8 Å². The molecule has 47 heavy (non-hydrogen) atoms. The van der Waals surface area contributed by atoms with Gasteiger partial charge in [0.1, 0.15) is 12.1 Å². The summed E-state index contributed by atoms with van der Waals surface area (Å²) in [5.41, 5.74) is 1.94. The smallest absolute Gasteiger partial charge is 0.338 e.